The van der Waals surface area contributed by atoms with E-state index >= 15 is 0 Å². The van der Waals surface area contributed by atoms with Crippen molar-refractivity contribution in [3.05, 3.63) is 57.8 Å². The van der Waals surface area contributed by atoms with Crippen molar-refractivity contribution in [2.24, 2.45) is 0 Å². The van der Waals surface area contributed by atoms with Crippen molar-refractivity contribution in [1.82, 2.24) is 10.2 Å². The molecule has 29 heavy (non-hydrogen) atoms. The summed E-state index contributed by atoms with van der Waals surface area (Å²) in [5.41, 5.74) is 2.97. The number of esters is 1. The van der Waals surface area contributed by atoms with Crippen LogP contribution in [0.1, 0.15) is 29.9 Å². The largest absolute Gasteiger partial charge is 0.463 e. The van der Waals surface area contributed by atoms with E-state index in [1.165, 1.54) is 16.5 Å². The number of anilines is 1. The molecule has 0 aliphatic carbocycles. The van der Waals surface area contributed by atoms with Crippen LogP contribution in [0, 0.1) is 0 Å². The third-order valence-corrected chi connectivity index (χ3v) is 5.91. The molecule has 0 radical (unpaired) electrons. The van der Waals surface area contributed by atoms with Crippen LogP contribution in [-0.2, 0) is 22.5 Å². The van der Waals surface area contributed by atoms with Crippen LogP contribution in [0.3, 0.4) is 0 Å². The number of urea groups is 1. The van der Waals surface area contributed by atoms with Gasteiger partial charge in [-0.05, 0) is 61.1 Å². The van der Waals surface area contributed by atoms with Gasteiger partial charge in [-0.2, -0.15) is 0 Å². The van der Waals surface area contributed by atoms with Gasteiger partial charge in [0.1, 0.15) is 0 Å². The van der Waals surface area contributed by atoms with E-state index in [1.54, 1.807) is 25.1 Å². The van der Waals surface area contributed by atoms with Crippen LogP contribution >= 0.6 is 11.3 Å². The average molecular weight is 414 g/mol. The van der Waals surface area contributed by atoms with E-state index < -0.39 is 0 Å². The maximum Gasteiger partial charge on any atom is 0.330 e. The molecule has 0 saturated carbocycles. The molecule has 2 amide bonds. The number of rotatable bonds is 7. The zero-order chi connectivity index (χ0) is 20.6. The Balaban J connectivity index is 1.43. The molecule has 3 rings (SSSR count). The Kier molecular flexibility index (Phi) is 7.43. The summed E-state index contributed by atoms with van der Waals surface area (Å²) in [6.07, 6.45) is 4.15. The summed E-state index contributed by atoms with van der Waals surface area (Å²) in [6, 6.07) is 9.52. The maximum atomic E-state index is 12.2. The van der Waals surface area contributed by atoms with Gasteiger partial charge in [0.25, 0.3) is 0 Å². The van der Waals surface area contributed by atoms with E-state index in [1.807, 2.05) is 23.5 Å². The lowest BCUT2D eigenvalue weighted by atomic mass is 10.1. The maximum absolute atomic E-state index is 12.2. The van der Waals surface area contributed by atoms with Crippen LogP contribution in [0.15, 0.2) is 41.8 Å². The molecular formula is C22H27N3O3S. The fraction of sp³-hybridized carbons (Fsp3) is 0.364. The van der Waals surface area contributed by atoms with Crippen LogP contribution in [-0.4, -0.2) is 42.6 Å². The summed E-state index contributed by atoms with van der Waals surface area (Å²) in [5, 5.41) is 7.95. The van der Waals surface area contributed by atoms with Gasteiger partial charge in [-0.3, -0.25) is 4.90 Å². The van der Waals surface area contributed by atoms with Crippen molar-refractivity contribution >= 4 is 35.1 Å². The second-order valence-corrected chi connectivity index (χ2v) is 7.98. The van der Waals surface area contributed by atoms with Crippen molar-refractivity contribution in [2.45, 2.75) is 32.9 Å². The minimum absolute atomic E-state index is 0.222. The van der Waals surface area contributed by atoms with Gasteiger partial charge in [-0.15, -0.1) is 11.3 Å². The predicted molar refractivity (Wildman–Crippen MR) is 117 cm³/mol. The highest BCUT2D eigenvalue weighted by Crippen LogP contribution is 2.25. The highest BCUT2D eigenvalue weighted by Gasteiger charge is 2.21. The van der Waals surface area contributed by atoms with Gasteiger partial charge in [-0.25, -0.2) is 9.59 Å². The highest BCUT2D eigenvalue weighted by atomic mass is 32.1. The monoisotopic (exact) mass is 413 g/mol. The molecule has 0 spiro atoms. The van der Waals surface area contributed by atoms with Crippen LogP contribution < -0.4 is 10.6 Å². The van der Waals surface area contributed by atoms with Crippen molar-refractivity contribution in [3.8, 4) is 0 Å². The van der Waals surface area contributed by atoms with Gasteiger partial charge in [0.2, 0.25) is 0 Å². The molecule has 0 bridgehead atoms. The lowest BCUT2D eigenvalue weighted by Gasteiger charge is -2.32. The van der Waals surface area contributed by atoms with E-state index in [9.17, 15) is 9.59 Å². The summed E-state index contributed by atoms with van der Waals surface area (Å²) in [6.45, 7) is 6.83. The Morgan fingerprint density at radius 3 is 2.83 bits per heavy atom. The first-order chi connectivity index (χ1) is 14.0. The Morgan fingerprint density at radius 1 is 1.28 bits per heavy atom. The third kappa shape index (κ3) is 6.17. The zero-order valence-corrected chi connectivity index (χ0v) is 17.6. The topological polar surface area (TPSA) is 70.7 Å². The third-order valence-electron chi connectivity index (χ3n) is 4.89. The van der Waals surface area contributed by atoms with Gasteiger partial charge in [0.05, 0.1) is 6.61 Å². The smallest absolute Gasteiger partial charge is 0.330 e. The molecule has 154 valence electrons. The molecule has 2 N–H and O–H groups in total. The molecule has 1 aliphatic heterocycles. The minimum Gasteiger partial charge on any atom is -0.463 e. The first kappa shape index (κ1) is 21.1. The van der Waals surface area contributed by atoms with E-state index in [0.717, 1.165) is 25.1 Å². The van der Waals surface area contributed by atoms with E-state index in [4.69, 9.17) is 4.74 Å². The number of thiophene rings is 1. The second-order valence-electron chi connectivity index (χ2n) is 6.98. The van der Waals surface area contributed by atoms with Gasteiger partial charge in [0, 0.05) is 42.3 Å². The molecular weight excluding hydrogens is 386 g/mol. The summed E-state index contributed by atoms with van der Waals surface area (Å²) < 4.78 is 4.85. The van der Waals surface area contributed by atoms with E-state index in [-0.39, 0.29) is 18.0 Å². The number of carbonyl (C=O) groups is 2. The van der Waals surface area contributed by atoms with E-state index in [2.05, 4.69) is 33.9 Å². The molecule has 1 aromatic carbocycles. The lowest BCUT2D eigenvalue weighted by Crippen LogP contribution is -2.45. The van der Waals surface area contributed by atoms with Gasteiger partial charge >= 0.3 is 12.0 Å². The fourth-order valence-corrected chi connectivity index (χ4v) is 4.11. The second kappa shape index (κ2) is 10.2. The molecule has 1 aromatic heterocycles. The van der Waals surface area contributed by atoms with Crippen molar-refractivity contribution in [3.63, 3.8) is 0 Å². The molecule has 0 saturated heterocycles. The minimum atomic E-state index is -0.368. The first-order valence-electron chi connectivity index (χ1n) is 9.84. The number of nitrogens with zero attached hydrogens (tertiary/aromatic N) is 1. The highest BCUT2D eigenvalue weighted by molar-refractivity contribution is 7.10. The predicted octanol–water partition coefficient (Wildman–Crippen LogP) is 3.89. The van der Waals surface area contributed by atoms with Crippen LogP contribution in [0.4, 0.5) is 10.5 Å². The van der Waals surface area contributed by atoms with Gasteiger partial charge < -0.3 is 15.4 Å². The average Bonchev–Trinajstić information content (AvgIpc) is 3.19. The molecule has 1 aliphatic rings. The number of nitrogens with one attached hydrogen (secondary N) is 2. The van der Waals surface area contributed by atoms with Crippen LogP contribution in [0.5, 0.6) is 0 Å². The van der Waals surface area contributed by atoms with Crippen molar-refractivity contribution < 1.29 is 14.3 Å². The number of ether oxygens (including phenoxy) is 1. The van der Waals surface area contributed by atoms with Crippen molar-refractivity contribution in [1.29, 1.82) is 0 Å². The molecule has 2 heterocycles. The van der Waals surface area contributed by atoms with Gasteiger partial charge in [-0.1, -0.05) is 12.1 Å². The quantitative estimate of drug-likeness (QED) is 0.534. The van der Waals surface area contributed by atoms with Crippen LogP contribution in [0.25, 0.3) is 6.08 Å². The number of carbonyl (C=O) groups excluding carboxylic acids is 2. The Hall–Kier alpha value is -2.64. The molecule has 2 aromatic rings. The standard InChI is InChI=1S/C22H27N3O3S/c1-3-28-21(26)9-6-17-4-7-19(8-5-17)24-22(27)23-14-16(2)25-12-10-20-18(15-25)11-13-29-20/h4-9,11,13,16H,3,10,12,14-15H2,1-2H3,(H2,23,24,27)/b9-6+. The number of amides is 2. The molecule has 1 atom stereocenters. The number of hydrogen-bond donors (Lipinski definition) is 2. The number of fused-ring (bicyclic) bond motifs is 1. The fourth-order valence-electron chi connectivity index (χ4n) is 3.22. The van der Waals surface area contributed by atoms with Crippen molar-refractivity contribution in [2.75, 3.05) is 25.0 Å². The summed E-state index contributed by atoms with van der Waals surface area (Å²) in [7, 11) is 0. The summed E-state index contributed by atoms with van der Waals surface area (Å²) >= 11 is 1.83. The Bertz CT molecular complexity index is 860. The number of benzene rings is 1. The Labute approximate surface area is 175 Å². The van der Waals surface area contributed by atoms with Gasteiger partial charge in [0.15, 0.2) is 0 Å². The zero-order valence-electron chi connectivity index (χ0n) is 16.8. The molecule has 1 unspecified atom stereocenters. The Morgan fingerprint density at radius 2 is 2.07 bits per heavy atom. The first-order valence-corrected chi connectivity index (χ1v) is 10.7. The SMILES string of the molecule is CCOC(=O)/C=C/c1ccc(NC(=O)NCC(C)N2CCc3sccc3C2)cc1. The summed E-state index contributed by atoms with van der Waals surface area (Å²) in [5.74, 6) is -0.368. The van der Waals surface area contributed by atoms with Crippen LogP contribution in [0.2, 0.25) is 0 Å². The summed E-state index contributed by atoms with van der Waals surface area (Å²) in [4.78, 5) is 27.4. The normalized spacial score (nSPS) is 15.0. The molecule has 0 fully saturated rings. The number of hydrogen-bond acceptors (Lipinski definition) is 5. The van der Waals surface area contributed by atoms with E-state index in [0.29, 0.717) is 18.8 Å². The molecule has 6 nitrogen and oxygen atoms in total. The lowest BCUT2D eigenvalue weighted by molar-refractivity contribution is -0.137. The molecule has 7 heteroatoms.